The molecule has 144 valence electrons. The number of methoxy groups -OCH3 is 1. The van der Waals surface area contributed by atoms with Crippen LogP contribution in [-0.2, 0) is 0 Å². The number of ether oxygens (including phenoxy) is 2. The van der Waals surface area contributed by atoms with Crippen molar-refractivity contribution in [2.24, 2.45) is 0 Å². The second kappa shape index (κ2) is 9.24. The zero-order chi connectivity index (χ0) is 19.9. The summed E-state index contributed by atoms with van der Waals surface area (Å²) in [7, 11) is 1.51. The number of nitrogens with one attached hydrogen (secondary N) is 1. The molecule has 0 radical (unpaired) electrons. The summed E-state index contributed by atoms with van der Waals surface area (Å²) in [5, 5.41) is 3.40. The van der Waals surface area contributed by atoms with Crippen LogP contribution in [0.3, 0.4) is 0 Å². The summed E-state index contributed by atoms with van der Waals surface area (Å²) in [5.41, 5.74) is 2.28. The molecule has 0 aliphatic rings. The highest BCUT2D eigenvalue weighted by Gasteiger charge is 2.20. The minimum atomic E-state index is -0.326. The van der Waals surface area contributed by atoms with Gasteiger partial charge in [-0.3, -0.25) is 9.78 Å². The third kappa shape index (κ3) is 4.43. The molecule has 2 aromatic carbocycles. The Morgan fingerprint density at radius 2 is 1.79 bits per heavy atom. The number of nitrogens with zero attached hydrogens (tertiary/aromatic N) is 1. The Kier molecular flexibility index (Phi) is 6.50. The number of benzene rings is 2. The van der Waals surface area contributed by atoms with E-state index >= 15 is 0 Å². The van der Waals surface area contributed by atoms with Crippen molar-refractivity contribution in [3.8, 4) is 11.5 Å². The first-order valence-corrected chi connectivity index (χ1v) is 9.28. The topological polar surface area (TPSA) is 60.5 Å². The van der Waals surface area contributed by atoms with E-state index in [4.69, 9.17) is 21.1 Å². The molecule has 3 aromatic rings. The molecule has 1 N–H and O–H groups in total. The standard InChI is InChI=1S/C22H21ClN2O3/c1-3-28-21-18(23)13-17(14-19(21)27-2)22(26)25-20(15-7-5-4-6-8-15)16-9-11-24-12-10-16/h4-14,20H,3H2,1-2H3,(H,25,26). The van der Waals surface area contributed by atoms with Gasteiger partial charge in [0.25, 0.3) is 5.91 Å². The number of rotatable bonds is 7. The smallest absolute Gasteiger partial charge is 0.252 e. The van der Waals surface area contributed by atoms with Crippen LogP contribution < -0.4 is 14.8 Å². The van der Waals surface area contributed by atoms with Crippen molar-refractivity contribution in [1.29, 1.82) is 0 Å². The van der Waals surface area contributed by atoms with Crippen LogP contribution in [0.25, 0.3) is 0 Å². The molecule has 1 amide bonds. The van der Waals surface area contributed by atoms with E-state index < -0.39 is 0 Å². The summed E-state index contributed by atoms with van der Waals surface area (Å²) in [5.74, 6) is 0.575. The van der Waals surface area contributed by atoms with E-state index in [0.29, 0.717) is 28.7 Å². The Morgan fingerprint density at radius 3 is 2.43 bits per heavy atom. The fourth-order valence-corrected chi connectivity index (χ4v) is 3.18. The van der Waals surface area contributed by atoms with Gasteiger partial charge in [-0.1, -0.05) is 41.9 Å². The van der Waals surface area contributed by atoms with E-state index in [-0.39, 0.29) is 11.9 Å². The number of halogens is 1. The van der Waals surface area contributed by atoms with Crippen molar-refractivity contribution in [2.45, 2.75) is 13.0 Å². The molecule has 1 aromatic heterocycles. The number of carbonyl (C=O) groups is 1. The van der Waals surface area contributed by atoms with Gasteiger partial charge in [-0.2, -0.15) is 0 Å². The van der Waals surface area contributed by atoms with Gasteiger partial charge in [0.05, 0.1) is 24.8 Å². The molecule has 0 saturated heterocycles. The van der Waals surface area contributed by atoms with Crippen molar-refractivity contribution >= 4 is 17.5 Å². The van der Waals surface area contributed by atoms with Gasteiger partial charge in [-0.15, -0.1) is 0 Å². The lowest BCUT2D eigenvalue weighted by Gasteiger charge is -2.20. The average molecular weight is 397 g/mol. The maximum Gasteiger partial charge on any atom is 0.252 e. The van der Waals surface area contributed by atoms with Crippen LogP contribution in [0, 0.1) is 0 Å². The van der Waals surface area contributed by atoms with Crippen LogP contribution >= 0.6 is 11.6 Å². The fraction of sp³-hybridized carbons (Fsp3) is 0.182. The highest BCUT2D eigenvalue weighted by molar-refractivity contribution is 6.32. The molecule has 0 spiro atoms. The minimum absolute atomic E-state index is 0.270. The molecule has 1 atom stereocenters. The van der Waals surface area contributed by atoms with Crippen LogP contribution in [0.2, 0.25) is 5.02 Å². The van der Waals surface area contributed by atoms with Crippen LogP contribution in [-0.4, -0.2) is 24.6 Å². The zero-order valence-corrected chi connectivity index (χ0v) is 16.4. The number of pyridine rings is 1. The Labute approximate surface area is 169 Å². The molecule has 28 heavy (non-hydrogen) atoms. The lowest BCUT2D eigenvalue weighted by atomic mass is 9.99. The highest BCUT2D eigenvalue weighted by atomic mass is 35.5. The summed E-state index contributed by atoms with van der Waals surface area (Å²) in [4.78, 5) is 17.1. The van der Waals surface area contributed by atoms with Crippen molar-refractivity contribution in [1.82, 2.24) is 10.3 Å². The van der Waals surface area contributed by atoms with Crippen molar-refractivity contribution in [2.75, 3.05) is 13.7 Å². The maximum atomic E-state index is 13.0. The first-order valence-electron chi connectivity index (χ1n) is 8.90. The van der Waals surface area contributed by atoms with Crippen LogP contribution in [0.5, 0.6) is 11.5 Å². The van der Waals surface area contributed by atoms with Crippen LogP contribution in [0.15, 0.2) is 67.0 Å². The molecule has 0 aliphatic heterocycles. The first-order chi connectivity index (χ1) is 13.6. The number of carbonyl (C=O) groups excluding carboxylic acids is 1. The van der Waals surface area contributed by atoms with E-state index in [9.17, 15) is 4.79 Å². The monoisotopic (exact) mass is 396 g/mol. The second-order valence-electron chi connectivity index (χ2n) is 6.02. The second-order valence-corrected chi connectivity index (χ2v) is 6.43. The van der Waals surface area contributed by atoms with Crippen molar-refractivity contribution in [3.05, 3.63) is 88.7 Å². The van der Waals surface area contributed by atoms with E-state index in [0.717, 1.165) is 11.1 Å². The van der Waals surface area contributed by atoms with Gasteiger partial charge in [0, 0.05) is 18.0 Å². The van der Waals surface area contributed by atoms with E-state index in [1.807, 2.05) is 49.4 Å². The fourth-order valence-electron chi connectivity index (χ4n) is 2.91. The Bertz CT molecular complexity index is 894. The first kappa shape index (κ1) is 19.7. The predicted molar refractivity (Wildman–Crippen MR) is 109 cm³/mol. The predicted octanol–water partition coefficient (Wildman–Crippen LogP) is 4.66. The molecule has 3 rings (SSSR count). The molecular weight excluding hydrogens is 376 g/mol. The van der Waals surface area contributed by atoms with Crippen molar-refractivity contribution < 1.29 is 14.3 Å². The number of hydrogen-bond donors (Lipinski definition) is 1. The SMILES string of the molecule is CCOc1c(Cl)cc(C(=O)NC(c2ccccc2)c2ccncc2)cc1OC. The largest absolute Gasteiger partial charge is 0.493 e. The van der Waals surface area contributed by atoms with Crippen LogP contribution in [0.1, 0.15) is 34.5 Å². The minimum Gasteiger partial charge on any atom is -0.493 e. The number of aromatic nitrogens is 1. The van der Waals surface area contributed by atoms with Gasteiger partial charge in [-0.05, 0) is 42.3 Å². The normalized spacial score (nSPS) is 11.5. The molecule has 0 fully saturated rings. The van der Waals surface area contributed by atoms with Crippen molar-refractivity contribution in [3.63, 3.8) is 0 Å². The van der Waals surface area contributed by atoms with E-state index in [2.05, 4.69) is 10.3 Å². The summed E-state index contributed by atoms with van der Waals surface area (Å²) < 4.78 is 10.9. The highest BCUT2D eigenvalue weighted by Crippen LogP contribution is 2.36. The van der Waals surface area contributed by atoms with Gasteiger partial charge in [-0.25, -0.2) is 0 Å². The number of hydrogen-bond acceptors (Lipinski definition) is 4. The van der Waals surface area contributed by atoms with Gasteiger partial charge in [0.2, 0.25) is 0 Å². The molecule has 1 heterocycles. The van der Waals surface area contributed by atoms with Gasteiger partial charge in [0.1, 0.15) is 0 Å². The third-order valence-electron chi connectivity index (χ3n) is 4.23. The zero-order valence-electron chi connectivity index (χ0n) is 15.7. The Hall–Kier alpha value is -3.05. The molecule has 0 bridgehead atoms. The van der Waals surface area contributed by atoms with Gasteiger partial charge >= 0.3 is 0 Å². The Morgan fingerprint density at radius 1 is 1.11 bits per heavy atom. The van der Waals surface area contributed by atoms with Gasteiger partial charge in [0.15, 0.2) is 11.5 Å². The lowest BCUT2D eigenvalue weighted by Crippen LogP contribution is -2.29. The summed E-state index contributed by atoms with van der Waals surface area (Å²) in [6, 6.07) is 16.4. The molecular formula is C22H21ClN2O3. The summed E-state index contributed by atoms with van der Waals surface area (Å²) in [6.07, 6.45) is 3.41. The lowest BCUT2D eigenvalue weighted by molar-refractivity contribution is 0.0942. The number of amides is 1. The molecule has 6 heteroatoms. The quantitative estimate of drug-likeness (QED) is 0.630. The van der Waals surface area contributed by atoms with E-state index in [1.54, 1.807) is 24.5 Å². The van der Waals surface area contributed by atoms with Crippen LogP contribution in [0.4, 0.5) is 0 Å². The Balaban J connectivity index is 1.94. The molecule has 0 aliphatic carbocycles. The molecule has 5 nitrogen and oxygen atoms in total. The molecule has 1 unspecified atom stereocenters. The summed E-state index contributed by atoms with van der Waals surface area (Å²) in [6.45, 7) is 2.30. The molecule has 0 saturated carbocycles. The maximum absolute atomic E-state index is 13.0. The average Bonchev–Trinajstić information content (AvgIpc) is 2.74. The van der Waals surface area contributed by atoms with E-state index in [1.165, 1.54) is 7.11 Å². The summed E-state index contributed by atoms with van der Waals surface area (Å²) >= 11 is 6.31. The third-order valence-corrected chi connectivity index (χ3v) is 4.51. The van der Waals surface area contributed by atoms with Gasteiger partial charge < -0.3 is 14.8 Å².